The van der Waals surface area contributed by atoms with Gasteiger partial charge in [-0.3, -0.25) is 9.59 Å². The molecule has 2 heterocycles. The zero-order valence-corrected chi connectivity index (χ0v) is 16.3. The Kier molecular flexibility index (Phi) is 4.68. The number of hydrogen-bond donors (Lipinski definition) is 1. The van der Waals surface area contributed by atoms with Crippen molar-refractivity contribution in [3.63, 3.8) is 0 Å². The summed E-state index contributed by atoms with van der Waals surface area (Å²) < 4.78 is 27.3. The molecule has 2 aliphatic rings. The van der Waals surface area contributed by atoms with Gasteiger partial charge in [0.2, 0.25) is 15.9 Å². The number of amides is 1. The molecule has 1 fully saturated rings. The Morgan fingerprint density at radius 1 is 1.04 bits per heavy atom. The first-order valence-electron chi connectivity index (χ1n) is 9.13. The molecule has 0 radical (unpaired) electrons. The summed E-state index contributed by atoms with van der Waals surface area (Å²) >= 11 is 0. The average Bonchev–Trinajstić information content (AvgIpc) is 3.07. The van der Waals surface area contributed by atoms with Crippen molar-refractivity contribution < 1.29 is 18.0 Å². The minimum atomic E-state index is -3.64. The summed E-state index contributed by atoms with van der Waals surface area (Å²) in [5, 5.41) is 2.82. The van der Waals surface area contributed by atoms with Gasteiger partial charge in [-0.25, -0.2) is 8.42 Å². The van der Waals surface area contributed by atoms with E-state index in [9.17, 15) is 18.0 Å². The first-order valence-corrected chi connectivity index (χ1v) is 10.6. The van der Waals surface area contributed by atoms with Gasteiger partial charge in [0.1, 0.15) is 0 Å². The number of fused-ring (bicyclic) bond motifs is 1. The largest absolute Gasteiger partial charge is 0.369 e. The monoisotopic (exact) mass is 399 g/mol. The molecule has 0 unspecified atom stereocenters. The maximum atomic E-state index is 12.9. The van der Waals surface area contributed by atoms with Gasteiger partial charge in [-0.05, 0) is 42.8 Å². The molecule has 28 heavy (non-hydrogen) atoms. The number of rotatable bonds is 4. The van der Waals surface area contributed by atoms with Crippen LogP contribution in [0.5, 0.6) is 0 Å². The normalized spacial score (nSPS) is 17.3. The summed E-state index contributed by atoms with van der Waals surface area (Å²) in [5.41, 5.74) is 3.20. The highest BCUT2D eigenvalue weighted by Gasteiger charge is 2.29. The van der Waals surface area contributed by atoms with Gasteiger partial charge in [0.25, 0.3) is 0 Å². The number of anilines is 2. The summed E-state index contributed by atoms with van der Waals surface area (Å²) in [6.07, 6.45) is 0.379. The predicted octanol–water partition coefficient (Wildman–Crippen LogP) is 1.89. The lowest BCUT2D eigenvalue weighted by molar-refractivity contribution is -0.115. The van der Waals surface area contributed by atoms with Gasteiger partial charge in [-0.2, -0.15) is 4.31 Å². The molecule has 4 rings (SSSR count). The Hall–Kier alpha value is -2.71. The molecular formula is C20H21N3O4S. The fourth-order valence-corrected chi connectivity index (χ4v) is 5.09. The van der Waals surface area contributed by atoms with Crippen molar-refractivity contribution in [2.75, 3.05) is 36.4 Å². The number of nitrogens with one attached hydrogen (secondary N) is 1. The van der Waals surface area contributed by atoms with E-state index in [1.54, 1.807) is 12.1 Å². The van der Waals surface area contributed by atoms with Crippen LogP contribution in [0, 0.1) is 0 Å². The lowest BCUT2D eigenvalue weighted by Gasteiger charge is -2.35. The molecule has 2 aromatic rings. The third kappa shape index (κ3) is 3.41. The number of Topliss-reactive ketones (excluding diaryl/α,β-unsaturated/α-hetero) is 1. The van der Waals surface area contributed by atoms with Crippen LogP contribution in [-0.2, 0) is 21.2 Å². The molecular weight excluding hydrogens is 378 g/mol. The summed E-state index contributed by atoms with van der Waals surface area (Å²) in [4.78, 5) is 25.4. The quantitative estimate of drug-likeness (QED) is 0.794. The molecule has 0 aromatic heterocycles. The highest BCUT2D eigenvalue weighted by atomic mass is 32.2. The maximum Gasteiger partial charge on any atom is 0.243 e. The second-order valence-corrected chi connectivity index (χ2v) is 8.98. The van der Waals surface area contributed by atoms with E-state index in [1.807, 2.05) is 18.2 Å². The fraction of sp³-hybridized carbons (Fsp3) is 0.300. The molecule has 0 aliphatic carbocycles. The predicted molar refractivity (Wildman–Crippen MR) is 106 cm³/mol. The Morgan fingerprint density at radius 3 is 2.50 bits per heavy atom. The van der Waals surface area contributed by atoms with Crippen LogP contribution in [0.2, 0.25) is 0 Å². The van der Waals surface area contributed by atoms with Crippen LogP contribution in [0.4, 0.5) is 11.4 Å². The number of benzene rings is 2. The molecule has 0 bridgehead atoms. The van der Waals surface area contributed by atoms with Crippen LogP contribution in [-0.4, -0.2) is 50.6 Å². The standard InChI is InChI=1S/C20H21N3O4S/c1-14(24)15-3-2-4-18(12-15)28(26,27)23-9-7-22(8-10-23)17-5-6-19-16(11-17)13-20(25)21-19/h2-6,11-12H,7-10,13H2,1H3,(H,21,25). The van der Waals surface area contributed by atoms with Crippen molar-refractivity contribution in [2.45, 2.75) is 18.2 Å². The second-order valence-electron chi connectivity index (χ2n) is 7.04. The van der Waals surface area contributed by atoms with Crippen molar-refractivity contribution in [1.82, 2.24) is 4.31 Å². The van der Waals surface area contributed by atoms with Crippen LogP contribution in [0.3, 0.4) is 0 Å². The first kappa shape index (κ1) is 18.6. The second kappa shape index (κ2) is 7.03. The summed E-state index contributed by atoms with van der Waals surface area (Å²) in [6.45, 7) is 3.27. The SMILES string of the molecule is CC(=O)c1cccc(S(=O)(=O)N2CCN(c3ccc4c(c3)CC(=O)N4)CC2)c1. The van der Waals surface area contributed by atoms with Crippen molar-refractivity contribution in [2.24, 2.45) is 0 Å². The molecule has 7 nitrogen and oxygen atoms in total. The number of piperazine rings is 1. The lowest BCUT2D eigenvalue weighted by atomic mass is 10.1. The maximum absolute atomic E-state index is 12.9. The molecule has 0 spiro atoms. The Bertz CT molecular complexity index is 1060. The smallest absolute Gasteiger partial charge is 0.243 e. The van der Waals surface area contributed by atoms with Crippen LogP contribution in [0.25, 0.3) is 0 Å². The number of sulfonamides is 1. The number of carbonyl (C=O) groups excluding carboxylic acids is 2. The molecule has 1 amide bonds. The highest BCUT2D eigenvalue weighted by Crippen LogP contribution is 2.29. The van der Waals surface area contributed by atoms with Crippen LogP contribution in [0.15, 0.2) is 47.4 Å². The van der Waals surface area contributed by atoms with Gasteiger partial charge in [-0.1, -0.05) is 12.1 Å². The molecule has 2 aliphatic heterocycles. The van der Waals surface area contributed by atoms with Gasteiger partial charge >= 0.3 is 0 Å². The van der Waals surface area contributed by atoms with Crippen LogP contribution >= 0.6 is 0 Å². The molecule has 2 aromatic carbocycles. The molecule has 0 atom stereocenters. The topological polar surface area (TPSA) is 86.8 Å². The molecule has 146 valence electrons. The van der Waals surface area contributed by atoms with E-state index >= 15 is 0 Å². The van der Waals surface area contributed by atoms with Gasteiger partial charge in [0.05, 0.1) is 11.3 Å². The molecule has 8 heteroatoms. The lowest BCUT2D eigenvalue weighted by Crippen LogP contribution is -2.48. The molecule has 0 saturated carbocycles. The van der Waals surface area contributed by atoms with Gasteiger partial charge in [0, 0.05) is 43.1 Å². The van der Waals surface area contributed by atoms with Crippen molar-refractivity contribution in [3.8, 4) is 0 Å². The molecule has 1 N–H and O–H groups in total. The number of carbonyl (C=O) groups is 2. The fourth-order valence-electron chi connectivity index (χ4n) is 3.62. The van der Waals surface area contributed by atoms with E-state index in [0.717, 1.165) is 16.9 Å². The van der Waals surface area contributed by atoms with Crippen LogP contribution < -0.4 is 10.2 Å². The number of hydrogen-bond acceptors (Lipinski definition) is 5. The average molecular weight is 399 g/mol. The number of nitrogens with zero attached hydrogens (tertiary/aromatic N) is 2. The summed E-state index contributed by atoms with van der Waals surface area (Å²) in [6, 6.07) is 12.0. The minimum absolute atomic E-state index is 0.00384. The van der Waals surface area contributed by atoms with E-state index in [-0.39, 0.29) is 16.6 Å². The van der Waals surface area contributed by atoms with E-state index in [2.05, 4.69) is 10.2 Å². The van der Waals surface area contributed by atoms with E-state index in [0.29, 0.717) is 38.2 Å². The van der Waals surface area contributed by atoms with Crippen molar-refractivity contribution in [1.29, 1.82) is 0 Å². The van der Waals surface area contributed by atoms with Gasteiger partial charge in [0.15, 0.2) is 5.78 Å². The Morgan fingerprint density at radius 2 is 1.79 bits per heavy atom. The minimum Gasteiger partial charge on any atom is -0.369 e. The number of ketones is 1. The van der Waals surface area contributed by atoms with E-state index < -0.39 is 10.0 Å². The van der Waals surface area contributed by atoms with E-state index in [4.69, 9.17) is 0 Å². The van der Waals surface area contributed by atoms with Crippen molar-refractivity contribution in [3.05, 3.63) is 53.6 Å². The Balaban J connectivity index is 1.48. The Labute approximate surface area is 164 Å². The molecule has 1 saturated heterocycles. The zero-order chi connectivity index (χ0) is 19.9. The van der Waals surface area contributed by atoms with Crippen LogP contribution in [0.1, 0.15) is 22.8 Å². The first-order chi connectivity index (χ1) is 13.3. The third-order valence-electron chi connectivity index (χ3n) is 5.20. The third-order valence-corrected chi connectivity index (χ3v) is 7.09. The summed E-state index contributed by atoms with van der Waals surface area (Å²) in [7, 11) is -3.64. The highest BCUT2D eigenvalue weighted by molar-refractivity contribution is 7.89. The van der Waals surface area contributed by atoms with Gasteiger partial charge in [-0.15, -0.1) is 0 Å². The van der Waals surface area contributed by atoms with Crippen molar-refractivity contribution >= 4 is 33.1 Å². The zero-order valence-electron chi connectivity index (χ0n) is 15.5. The summed E-state index contributed by atoms with van der Waals surface area (Å²) in [5.74, 6) is -0.165. The van der Waals surface area contributed by atoms with E-state index in [1.165, 1.54) is 23.4 Å². The van der Waals surface area contributed by atoms with Gasteiger partial charge < -0.3 is 10.2 Å².